The maximum atomic E-state index is 13.6. The first-order chi connectivity index (χ1) is 17.6. The SMILES string of the molecule is CCCCC1C(=O)N(CC2CCNCC2)C=C2N(C(=O)CCc3c[nH]c4ccccc34)CCC(=O)N21. The Morgan fingerprint density at radius 3 is 2.75 bits per heavy atom. The number of aromatic amines is 1. The van der Waals surface area contributed by atoms with E-state index in [4.69, 9.17) is 0 Å². The number of nitrogens with zero attached hydrogens (tertiary/aromatic N) is 3. The number of benzene rings is 1. The molecule has 2 N–H and O–H groups in total. The van der Waals surface area contributed by atoms with Crippen molar-refractivity contribution in [3.05, 3.63) is 48.0 Å². The maximum Gasteiger partial charge on any atom is 0.249 e. The van der Waals surface area contributed by atoms with Gasteiger partial charge in [0, 0.05) is 49.2 Å². The molecule has 0 bridgehead atoms. The van der Waals surface area contributed by atoms with Gasteiger partial charge in [-0.2, -0.15) is 0 Å². The third kappa shape index (κ3) is 4.91. The number of unbranched alkanes of at least 4 members (excludes halogenated alkanes) is 1. The number of aryl methyl sites for hydroxylation is 1. The van der Waals surface area contributed by atoms with Gasteiger partial charge >= 0.3 is 0 Å². The van der Waals surface area contributed by atoms with Gasteiger partial charge in [0.2, 0.25) is 17.7 Å². The van der Waals surface area contributed by atoms with Gasteiger partial charge in [0.25, 0.3) is 0 Å². The van der Waals surface area contributed by atoms with Crippen LogP contribution in [0.5, 0.6) is 0 Å². The van der Waals surface area contributed by atoms with Crippen LogP contribution in [0, 0.1) is 5.92 Å². The van der Waals surface area contributed by atoms with Crippen LogP contribution >= 0.6 is 0 Å². The standard InChI is InChI=1S/C28H37N5O3/c1-2-3-8-24-28(36)31(18-20-11-14-29-15-12-20)19-25-32(16-13-27(35)33(24)25)26(34)10-9-21-17-30-23-7-5-4-6-22(21)23/h4-7,17,19-20,24,29-30H,2-3,8-16,18H2,1H3. The molecule has 2 aromatic rings. The number of nitrogens with one attached hydrogen (secondary N) is 2. The fourth-order valence-corrected chi connectivity index (χ4v) is 5.77. The van der Waals surface area contributed by atoms with Crippen LogP contribution in [0.25, 0.3) is 10.9 Å². The molecule has 2 fully saturated rings. The molecule has 5 rings (SSSR count). The number of hydrogen-bond acceptors (Lipinski definition) is 4. The van der Waals surface area contributed by atoms with Gasteiger partial charge in [0.05, 0.1) is 0 Å². The van der Waals surface area contributed by atoms with Gasteiger partial charge in [0.1, 0.15) is 11.9 Å². The minimum absolute atomic E-state index is 0.00515. The molecular formula is C28H37N5O3. The number of hydrogen-bond donors (Lipinski definition) is 2. The summed E-state index contributed by atoms with van der Waals surface area (Å²) in [4.78, 5) is 48.6. The summed E-state index contributed by atoms with van der Waals surface area (Å²) in [5, 5.41) is 4.52. The lowest BCUT2D eigenvalue weighted by Crippen LogP contribution is -2.60. The number of carbonyl (C=O) groups excluding carboxylic acids is 3. The molecule has 0 saturated carbocycles. The van der Waals surface area contributed by atoms with Gasteiger partial charge in [-0.3, -0.25) is 24.2 Å². The van der Waals surface area contributed by atoms with Gasteiger partial charge < -0.3 is 15.2 Å². The van der Waals surface area contributed by atoms with Crippen molar-refractivity contribution in [2.45, 2.75) is 64.3 Å². The van der Waals surface area contributed by atoms with Crippen molar-refractivity contribution in [3.63, 3.8) is 0 Å². The van der Waals surface area contributed by atoms with Crippen LogP contribution in [0.1, 0.15) is 57.4 Å². The monoisotopic (exact) mass is 491 g/mol. The van der Waals surface area contributed by atoms with Gasteiger partial charge in [-0.05, 0) is 56.3 Å². The Morgan fingerprint density at radius 2 is 1.94 bits per heavy atom. The van der Waals surface area contributed by atoms with Crippen LogP contribution in [0.15, 0.2) is 42.5 Å². The van der Waals surface area contributed by atoms with Crippen LogP contribution in [0.3, 0.4) is 0 Å². The van der Waals surface area contributed by atoms with Crippen molar-refractivity contribution >= 4 is 28.6 Å². The van der Waals surface area contributed by atoms with Crippen molar-refractivity contribution in [1.29, 1.82) is 0 Å². The van der Waals surface area contributed by atoms with Crippen molar-refractivity contribution in [2.24, 2.45) is 5.92 Å². The van der Waals surface area contributed by atoms with E-state index in [0.29, 0.717) is 44.1 Å². The summed E-state index contributed by atoms with van der Waals surface area (Å²) in [5.74, 6) is 0.945. The average Bonchev–Trinajstić information content (AvgIpc) is 3.31. The molecule has 1 aromatic carbocycles. The van der Waals surface area contributed by atoms with Gasteiger partial charge in [-0.1, -0.05) is 38.0 Å². The molecule has 3 aliphatic heterocycles. The number of carbonyl (C=O) groups is 3. The highest BCUT2D eigenvalue weighted by Gasteiger charge is 2.44. The topological polar surface area (TPSA) is 88.7 Å². The largest absolute Gasteiger partial charge is 0.361 e. The molecule has 8 heteroatoms. The summed E-state index contributed by atoms with van der Waals surface area (Å²) in [6.45, 7) is 5.03. The predicted octanol–water partition coefficient (Wildman–Crippen LogP) is 3.36. The van der Waals surface area contributed by atoms with Crippen molar-refractivity contribution < 1.29 is 14.4 Å². The number of aromatic nitrogens is 1. The van der Waals surface area contributed by atoms with Gasteiger partial charge in [0.15, 0.2) is 0 Å². The zero-order chi connectivity index (χ0) is 25.1. The molecular weight excluding hydrogens is 454 g/mol. The van der Waals surface area contributed by atoms with Crippen LogP contribution in [0.2, 0.25) is 0 Å². The second-order valence-corrected chi connectivity index (χ2v) is 10.2. The zero-order valence-electron chi connectivity index (χ0n) is 21.2. The Kier molecular flexibility index (Phi) is 7.41. The number of amides is 3. The first-order valence-electron chi connectivity index (χ1n) is 13.5. The number of piperidine rings is 1. The van der Waals surface area contributed by atoms with E-state index in [-0.39, 0.29) is 24.1 Å². The van der Waals surface area contributed by atoms with Crippen molar-refractivity contribution in [2.75, 3.05) is 26.2 Å². The van der Waals surface area contributed by atoms with Crippen LogP contribution in [-0.2, 0) is 20.8 Å². The summed E-state index contributed by atoms with van der Waals surface area (Å²) in [6, 6.07) is 7.58. The third-order valence-corrected chi connectivity index (χ3v) is 7.82. The lowest BCUT2D eigenvalue weighted by Gasteiger charge is -2.46. The second-order valence-electron chi connectivity index (χ2n) is 10.2. The minimum atomic E-state index is -0.525. The van der Waals surface area contributed by atoms with E-state index in [1.54, 1.807) is 20.9 Å². The normalized spacial score (nSPS) is 21.2. The maximum absolute atomic E-state index is 13.6. The highest BCUT2D eigenvalue weighted by Crippen LogP contribution is 2.32. The fourth-order valence-electron chi connectivity index (χ4n) is 5.77. The molecule has 3 amide bonds. The van der Waals surface area contributed by atoms with E-state index in [1.165, 1.54) is 0 Å². The van der Waals surface area contributed by atoms with Crippen molar-refractivity contribution in [3.8, 4) is 0 Å². The number of para-hydroxylation sites is 1. The smallest absolute Gasteiger partial charge is 0.249 e. The minimum Gasteiger partial charge on any atom is -0.361 e. The molecule has 0 radical (unpaired) electrons. The molecule has 2 saturated heterocycles. The summed E-state index contributed by atoms with van der Waals surface area (Å²) in [5.41, 5.74) is 2.18. The molecule has 1 aromatic heterocycles. The number of H-pyrrole nitrogens is 1. The lowest BCUT2D eigenvalue weighted by atomic mass is 9.96. The van der Waals surface area contributed by atoms with Gasteiger partial charge in [-0.15, -0.1) is 0 Å². The lowest BCUT2D eigenvalue weighted by molar-refractivity contribution is -0.152. The first kappa shape index (κ1) is 24.6. The quantitative estimate of drug-likeness (QED) is 0.593. The van der Waals surface area contributed by atoms with E-state index < -0.39 is 6.04 Å². The Bertz CT molecular complexity index is 1150. The Hall–Kier alpha value is -3.13. The summed E-state index contributed by atoms with van der Waals surface area (Å²) in [7, 11) is 0. The Balaban J connectivity index is 1.38. The molecule has 0 aliphatic carbocycles. The van der Waals surface area contributed by atoms with Crippen LogP contribution in [-0.4, -0.2) is 69.6 Å². The first-order valence-corrected chi connectivity index (χ1v) is 13.5. The summed E-state index contributed by atoms with van der Waals surface area (Å²) in [6.07, 6.45) is 9.48. The molecule has 8 nitrogen and oxygen atoms in total. The van der Waals surface area contributed by atoms with Crippen LogP contribution < -0.4 is 5.32 Å². The highest BCUT2D eigenvalue weighted by molar-refractivity contribution is 5.93. The molecule has 192 valence electrons. The third-order valence-electron chi connectivity index (χ3n) is 7.82. The molecule has 1 atom stereocenters. The fraction of sp³-hybridized carbons (Fsp3) is 0.536. The van der Waals surface area contributed by atoms with E-state index >= 15 is 0 Å². The van der Waals surface area contributed by atoms with E-state index in [1.807, 2.05) is 24.4 Å². The molecule has 4 heterocycles. The molecule has 0 spiro atoms. The number of rotatable bonds is 8. The van der Waals surface area contributed by atoms with E-state index in [9.17, 15) is 14.4 Å². The van der Waals surface area contributed by atoms with Crippen LogP contribution in [0.4, 0.5) is 0 Å². The van der Waals surface area contributed by atoms with Gasteiger partial charge in [-0.25, -0.2) is 0 Å². The zero-order valence-corrected chi connectivity index (χ0v) is 21.2. The summed E-state index contributed by atoms with van der Waals surface area (Å²) < 4.78 is 0. The Labute approximate surface area is 212 Å². The molecule has 36 heavy (non-hydrogen) atoms. The highest BCUT2D eigenvalue weighted by atomic mass is 16.2. The number of fused-ring (bicyclic) bond motifs is 2. The summed E-state index contributed by atoms with van der Waals surface area (Å²) >= 11 is 0. The van der Waals surface area contributed by atoms with E-state index in [0.717, 1.165) is 55.2 Å². The average molecular weight is 492 g/mol. The molecule has 3 aliphatic rings. The predicted molar refractivity (Wildman–Crippen MR) is 138 cm³/mol. The molecule has 1 unspecified atom stereocenters. The van der Waals surface area contributed by atoms with Crippen molar-refractivity contribution in [1.82, 2.24) is 25.0 Å². The van der Waals surface area contributed by atoms with E-state index in [2.05, 4.69) is 23.3 Å². The second kappa shape index (κ2) is 10.9. The Morgan fingerprint density at radius 1 is 1.14 bits per heavy atom.